The molecule has 0 atom stereocenters. The fourth-order valence-corrected chi connectivity index (χ4v) is 4.98. The Morgan fingerprint density at radius 2 is 1.80 bits per heavy atom. The summed E-state index contributed by atoms with van der Waals surface area (Å²) in [5, 5.41) is 3.04. The Balaban J connectivity index is 1.53. The van der Waals surface area contributed by atoms with E-state index >= 15 is 0 Å². The number of benzene rings is 2. The summed E-state index contributed by atoms with van der Waals surface area (Å²) in [4.78, 5) is 33.4. The van der Waals surface area contributed by atoms with Crippen LogP contribution in [0.15, 0.2) is 63.9 Å². The molecule has 0 saturated heterocycles. The van der Waals surface area contributed by atoms with Gasteiger partial charge in [0.05, 0.1) is 11.1 Å². The molecule has 1 N–H and O–H groups in total. The first kappa shape index (κ1) is 20.6. The van der Waals surface area contributed by atoms with Gasteiger partial charge in [0.1, 0.15) is 4.83 Å². The molecule has 30 heavy (non-hydrogen) atoms. The average Bonchev–Trinajstić information content (AvgIpc) is 3.17. The Bertz CT molecular complexity index is 1250. The molecule has 0 aliphatic carbocycles. The number of carbonyl (C=O) groups excluding carboxylic acids is 1. The van der Waals surface area contributed by atoms with Crippen molar-refractivity contribution in [1.82, 2.24) is 9.97 Å². The van der Waals surface area contributed by atoms with Gasteiger partial charge in [-0.3, -0.25) is 9.59 Å². The van der Waals surface area contributed by atoms with Gasteiger partial charge in [-0.1, -0.05) is 79.7 Å². The number of fused-ring (bicyclic) bond motifs is 1. The molecule has 0 fully saturated rings. The fraction of sp³-hybridized carbons (Fsp3) is 0.208. The zero-order valence-corrected chi connectivity index (χ0v) is 18.7. The summed E-state index contributed by atoms with van der Waals surface area (Å²) in [6.07, 6.45) is 0. The number of hydrogen-bond acceptors (Lipinski definition) is 5. The van der Waals surface area contributed by atoms with Crippen LogP contribution in [-0.4, -0.2) is 21.5 Å². The second-order valence-corrected chi connectivity index (χ2v) is 9.38. The zero-order chi connectivity index (χ0) is 21.3. The zero-order valence-electron chi connectivity index (χ0n) is 17.1. The molecular formula is C24H22N2O2S2. The van der Waals surface area contributed by atoms with Crippen LogP contribution in [0.5, 0.6) is 0 Å². The summed E-state index contributed by atoms with van der Waals surface area (Å²) in [5.41, 5.74) is 4.77. The minimum absolute atomic E-state index is 0.0181. The largest absolute Gasteiger partial charge is 0.301 e. The molecule has 2 aromatic carbocycles. The molecule has 6 heteroatoms. The number of hydrogen-bond donors (Lipinski definition) is 1. The average molecular weight is 435 g/mol. The van der Waals surface area contributed by atoms with E-state index in [1.165, 1.54) is 34.2 Å². The smallest absolute Gasteiger partial charge is 0.260 e. The first-order valence-electron chi connectivity index (χ1n) is 9.77. The van der Waals surface area contributed by atoms with Crippen LogP contribution in [0.3, 0.4) is 0 Å². The van der Waals surface area contributed by atoms with Crippen LogP contribution in [0.2, 0.25) is 0 Å². The highest BCUT2D eigenvalue weighted by molar-refractivity contribution is 7.99. The highest BCUT2D eigenvalue weighted by Gasteiger charge is 2.14. The molecule has 0 bridgehead atoms. The van der Waals surface area contributed by atoms with Gasteiger partial charge >= 0.3 is 0 Å². The minimum atomic E-state index is -0.173. The number of carbonyl (C=O) groups is 1. The first-order valence-corrected chi connectivity index (χ1v) is 11.6. The molecule has 0 unspecified atom stereocenters. The second-order valence-electron chi connectivity index (χ2n) is 7.56. The summed E-state index contributed by atoms with van der Waals surface area (Å²) in [7, 11) is 0. The van der Waals surface area contributed by atoms with Gasteiger partial charge in [-0.25, -0.2) is 4.98 Å². The number of nitrogens with zero attached hydrogens (tertiary/aromatic N) is 1. The van der Waals surface area contributed by atoms with E-state index in [1.54, 1.807) is 0 Å². The maximum atomic E-state index is 12.8. The first-order chi connectivity index (χ1) is 14.4. The molecule has 0 amide bonds. The van der Waals surface area contributed by atoms with E-state index in [-0.39, 0.29) is 17.1 Å². The van der Waals surface area contributed by atoms with Crippen molar-refractivity contribution in [2.45, 2.75) is 31.8 Å². The summed E-state index contributed by atoms with van der Waals surface area (Å²) >= 11 is 2.71. The molecule has 152 valence electrons. The number of Topliss-reactive ketones (excluding diaryl/α,β-unsaturated/α-hetero) is 1. The lowest BCUT2D eigenvalue weighted by Gasteiger charge is -2.06. The number of nitrogens with one attached hydrogen (secondary N) is 1. The molecule has 0 radical (unpaired) electrons. The molecule has 4 rings (SSSR count). The molecule has 0 aliphatic rings. The van der Waals surface area contributed by atoms with Crippen LogP contribution in [0.4, 0.5) is 0 Å². The predicted octanol–water partition coefficient (Wildman–Crippen LogP) is 6.06. The van der Waals surface area contributed by atoms with Gasteiger partial charge in [0.25, 0.3) is 5.56 Å². The summed E-state index contributed by atoms with van der Waals surface area (Å²) < 4.78 is 0. The van der Waals surface area contributed by atoms with Crippen molar-refractivity contribution in [1.29, 1.82) is 0 Å². The van der Waals surface area contributed by atoms with Crippen LogP contribution >= 0.6 is 23.1 Å². The number of aromatic nitrogens is 2. The summed E-state index contributed by atoms with van der Waals surface area (Å²) in [6.45, 7) is 6.28. The summed E-state index contributed by atoms with van der Waals surface area (Å²) in [5.74, 6) is 0.677. The Morgan fingerprint density at radius 1 is 1.10 bits per heavy atom. The van der Waals surface area contributed by atoms with E-state index in [2.05, 4.69) is 23.8 Å². The topological polar surface area (TPSA) is 62.8 Å². The van der Waals surface area contributed by atoms with Gasteiger partial charge in [0.2, 0.25) is 0 Å². The Labute approximate surface area is 183 Å². The van der Waals surface area contributed by atoms with Crippen molar-refractivity contribution in [2.75, 3.05) is 5.75 Å². The van der Waals surface area contributed by atoms with Gasteiger partial charge in [-0.05, 0) is 24.0 Å². The van der Waals surface area contributed by atoms with Crippen LogP contribution in [0, 0.1) is 6.92 Å². The molecule has 4 nitrogen and oxygen atoms in total. The third-order valence-electron chi connectivity index (χ3n) is 5.02. The van der Waals surface area contributed by atoms with Gasteiger partial charge < -0.3 is 4.98 Å². The van der Waals surface area contributed by atoms with E-state index in [0.717, 1.165) is 11.1 Å². The monoisotopic (exact) mass is 434 g/mol. The number of aryl methyl sites for hydroxylation is 1. The van der Waals surface area contributed by atoms with E-state index in [0.29, 0.717) is 26.9 Å². The highest BCUT2D eigenvalue weighted by atomic mass is 32.2. The number of aromatic amines is 1. The second kappa shape index (κ2) is 8.58. The fourth-order valence-electron chi connectivity index (χ4n) is 3.21. The van der Waals surface area contributed by atoms with Crippen molar-refractivity contribution in [3.8, 4) is 11.1 Å². The lowest BCUT2D eigenvalue weighted by atomic mass is 10.0. The van der Waals surface area contributed by atoms with Gasteiger partial charge in [-0.2, -0.15) is 0 Å². The van der Waals surface area contributed by atoms with Crippen LogP contribution in [0.1, 0.15) is 41.3 Å². The normalized spacial score (nSPS) is 11.3. The van der Waals surface area contributed by atoms with Crippen molar-refractivity contribution in [3.63, 3.8) is 0 Å². The molecule has 0 aliphatic heterocycles. The number of ketones is 1. The van der Waals surface area contributed by atoms with Crippen molar-refractivity contribution in [3.05, 3.63) is 81.0 Å². The molecule has 4 aromatic rings. The lowest BCUT2D eigenvalue weighted by molar-refractivity contribution is 0.102. The van der Waals surface area contributed by atoms with Crippen LogP contribution in [0.25, 0.3) is 21.3 Å². The maximum absolute atomic E-state index is 12.8. The van der Waals surface area contributed by atoms with Crippen LogP contribution < -0.4 is 5.56 Å². The third kappa shape index (κ3) is 4.25. The molecule has 0 spiro atoms. The predicted molar refractivity (Wildman–Crippen MR) is 126 cm³/mol. The molecule has 0 saturated carbocycles. The van der Waals surface area contributed by atoms with Gasteiger partial charge in [0.15, 0.2) is 10.9 Å². The van der Waals surface area contributed by atoms with E-state index in [4.69, 9.17) is 0 Å². The molecule has 2 heterocycles. The van der Waals surface area contributed by atoms with E-state index in [1.807, 2.05) is 60.8 Å². The van der Waals surface area contributed by atoms with Crippen molar-refractivity contribution >= 4 is 39.1 Å². The highest BCUT2D eigenvalue weighted by Crippen LogP contribution is 2.31. The Kier molecular flexibility index (Phi) is 5.88. The number of H-pyrrole nitrogens is 1. The van der Waals surface area contributed by atoms with Gasteiger partial charge in [0, 0.05) is 16.5 Å². The van der Waals surface area contributed by atoms with E-state index in [9.17, 15) is 9.59 Å². The number of rotatable bonds is 6. The molecule has 2 aromatic heterocycles. The summed E-state index contributed by atoms with van der Waals surface area (Å²) in [6, 6.07) is 15.8. The Hall–Kier alpha value is -2.70. The lowest BCUT2D eigenvalue weighted by Crippen LogP contribution is -2.10. The van der Waals surface area contributed by atoms with E-state index < -0.39 is 0 Å². The van der Waals surface area contributed by atoms with Crippen molar-refractivity contribution in [2.24, 2.45) is 0 Å². The van der Waals surface area contributed by atoms with Gasteiger partial charge in [-0.15, -0.1) is 11.3 Å². The third-order valence-corrected chi connectivity index (χ3v) is 6.77. The SMILES string of the molecule is Cc1ccc(-c2csc3nc(SCC(=O)c4ccc(C(C)C)cc4)[nH]c(=O)c23)cc1. The van der Waals surface area contributed by atoms with Crippen LogP contribution in [-0.2, 0) is 0 Å². The number of thioether (sulfide) groups is 1. The molecular weight excluding hydrogens is 412 g/mol. The maximum Gasteiger partial charge on any atom is 0.260 e. The number of thiophene rings is 1. The van der Waals surface area contributed by atoms with Crippen molar-refractivity contribution < 1.29 is 4.79 Å². The standard InChI is InChI=1S/C24H22N2O2S2/c1-14(2)16-8-10-18(11-9-16)20(27)13-30-24-25-22(28)21-19(12-29-23(21)26-24)17-6-4-15(3)5-7-17/h4-12,14H,13H2,1-3H3,(H,25,26,28). The quantitative estimate of drug-likeness (QED) is 0.228. The Morgan fingerprint density at radius 3 is 2.47 bits per heavy atom. The minimum Gasteiger partial charge on any atom is -0.301 e.